The molecule has 2 aliphatic carbocycles. The Labute approximate surface area is 137 Å². The molecule has 2 bridgehead atoms. The van der Waals surface area contributed by atoms with Crippen molar-refractivity contribution < 1.29 is 14.3 Å². The van der Waals surface area contributed by atoms with Crippen LogP contribution in [0.15, 0.2) is 30.3 Å². The van der Waals surface area contributed by atoms with Crippen LogP contribution in [0.3, 0.4) is 0 Å². The lowest BCUT2D eigenvalue weighted by molar-refractivity contribution is -0.146. The number of carbonyl (C=O) groups is 2. The Morgan fingerprint density at radius 3 is 2.77 bits per heavy atom. The number of alkyl halides is 1. The third-order valence-corrected chi connectivity index (χ3v) is 6.68. The standard InChI is InChI=1S/C17H18BrNO3/c1-8(9-5-3-2-4-6-9)19-16(20)12-10-7-11-13(12)17(21)22-15(11)14(10)18/h2-6,8,10-15H,7H2,1H3,(H,19,20)/t8-,10+,11+,12+,13+,14+,15-/m0/s1. The molecule has 1 aliphatic heterocycles. The maximum absolute atomic E-state index is 12.8. The zero-order valence-electron chi connectivity index (χ0n) is 12.2. The Hall–Kier alpha value is -1.36. The van der Waals surface area contributed by atoms with Gasteiger partial charge in [-0.25, -0.2) is 0 Å². The molecular formula is C17H18BrNO3. The lowest BCUT2D eigenvalue weighted by atomic mass is 9.79. The summed E-state index contributed by atoms with van der Waals surface area (Å²) in [6.45, 7) is 1.97. The quantitative estimate of drug-likeness (QED) is 0.662. The van der Waals surface area contributed by atoms with Gasteiger partial charge in [-0.2, -0.15) is 0 Å². The zero-order valence-corrected chi connectivity index (χ0v) is 13.8. The minimum absolute atomic E-state index is 0.0180. The maximum atomic E-state index is 12.8. The summed E-state index contributed by atoms with van der Waals surface area (Å²) < 4.78 is 5.46. The highest BCUT2D eigenvalue weighted by atomic mass is 79.9. The number of hydrogen-bond acceptors (Lipinski definition) is 3. The molecule has 0 radical (unpaired) electrons. The van der Waals surface area contributed by atoms with E-state index in [9.17, 15) is 9.59 Å². The number of esters is 1. The number of rotatable bonds is 3. The minimum Gasteiger partial charge on any atom is -0.461 e. The Kier molecular flexibility index (Phi) is 3.29. The molecule has 116 valence electrons. The maximum Gasteiger partial charge on any atom is 0.310 e. The lowest BCUT2D eigenvalue weighted by Crippen LogP contribution is -2.43. The highest BCUT2D eigenvalue weighted by Crippen LogP contribution is 2.59. The van der Waals surface area contributed by atoms with E-state index in [-0.39, 0.29) is 52.5 Å². The first-order valence-corrected chi connectivity index (χ1v) is 8.69. The van der Waals surface area contributed by atoms with Crippen molar-refractivity contribution in [3.05, 3.63) is 35.9 Å². The Morgan fingerprint density at radius 1 is 1.32 bits per heavy atom. The highest BCUT2D eigenvalue weighted by Gasteiger charge is 2.67. The Balaban J connectivity index is 1.53. The summed E-state index contributed by atoms with van der Waals surface area (Å²) in [5, 5.41) is 3.08. The third kappa shape index (κ3) is 1.94. The van der Waals surface area contributed by atoms with Crippen LogP contribution in [-0.2, 0) is 14.3 Å². The first kappa shape index (κ1) is 14.2. The van der Waals surface area contributed by atoms with Crippen molar-refractivity contribution in [1.82, 2.24) is 5.32 Å². The molecule has 1 aromatic carbocycles. The molecule has 22 heavy (non-hydrogen) atoms. The van der Waals surface area contributed by atoms with E-state index in [0.29, 0.717) is 0 Å². The van der Waals surface area contributed by atoms with E-state index in [1.807, 2.05) is 37.3 Å². The van der Waals surface area contributed by atoms with Crippen molar-refractivity contribution in [3.8, 4) is 0 Å². The van der Waals surface area contributed by atoms with Crippen LogP contribution >= 0.6 is 15.9 Å². The molecule has 1 aromatic rings. The second kappa shape index (κ2) is 5.08. The fourth-order valence-corrected chi connectivity index (χ4v) is 5.51. The molecule has 1 saturated heterocycles. The molecule has 4 rings (SSSR count). The number of hydrogen-bond donors (Lipinski definition) is 1. The molecule has 5 heteroatoms. The predicted molar refractivity (Wildman–Crippen MR) is 84.2 cm³/mol. The summed E-state index contributed by atoms with van der Waals surface area (Å²) in [5.74, 6) is -0.291. The van der Waals surface area contributed by atoms with E-state index in [1.165, 1.54) is 0 Å². The zero-order chi connectivity index (χ0) is 15.4. The van der Waals surface area contributed by atoms with E-state index in [2.05, 4.69) is 21.2 Å². The largest absolute Gasteiger partial charge is 0.461 e. The second-order valence-corrected chi connectivity index (χ2v) is 7.66. The van der Waals surface area contributed by atoms with Gasteiger partial charge < -0.3 is 10.1 Å². The topological polar surface area (TPSA) is 55.4 Å². The molecule has 3 fully saturated rings. The Morgan fingerprint density at radius 2 is 2.05 bits per heavy atom. The molecule has 2 saturated carbocycles. The fraction of sp³-hybridized carbons (Fsp3) is 0.529. The summed E-state index contributed by atoms with van der Waals surface area (Å²) in [7, 11) is 0. The van der Waals surface area contributed by atoms with Gasteiger partial charge in [0.25, 0.3) is 0 Å². The number of benzene rings is 1. The van der Waals surface area contributed by atoms with Crippen LogP contribution in [0.1, 0.15) is 24.9 Å². The first-order chi connectivity index (χ1) is 10.6. The summed E-state index contributed by atoms with van der Waals surface area (Å²) in [6.07, 6.45) is 0.882. The van der Waals surface area contributed by atoms with Gasteiger partial charge in [0.2, 0.25) is 5.91 Å². The molecule has 7 atom stereocenters. The van der Waals surface area contributed by atoms with Gasteiger partial charge in [-0.1, -0.05) is 46.3 Å². The molecule has 0 unspecified atom stereocenters. The van der Waals surface area contributed by atoms with E-state index >= 15 is 0 Å². The molecule has 1 amide bonds. The van der Waals surface area contributed by atoms with E-state index in [1.54, 1.807) is 0 Å². The van der Waals surface area contributed by atoms with Crippen LogP contribution in [-0.4, -0.2) is 22.8 Å². The number of halogens is 1. The van der Waals surface area contributed by atoms with Crippen molar-refractivity contribution in [1.29, 1.82) is 0 Å². The molecule has 1 heterocycles. The monoisotopic (exact) mass is 363 g/mol. The van der Waals surface area contributed by atoms with Crippen molar-refractivity contribution in [2.24, 2.45) is 23.7 Å². The van der Waals surface area contributed by atoms with E-state index in [4.69, 9.17) is 4.74 Å². The first-order valence-electron chi connectivity index (χ1n) is 7.78. The number of amides is 1. The minimum atomic E-state index is -0.258. The van der Waals surface area contributed by atoms with Crippen LogP contribution < -0.4 is 5.32 Å². The molecule has 0 aromatic heterocycles. The van der Waals surface area contributed by atoms with Crippen LogP contribution in [0.25, 0.3) is 0 Å². The number of fused-ring (bicyclic) bond motifs is 1. The average molecular weight is 364 g/mol. The third-order valence-electron chi connectivity index (χ3n) is 5.48. The number of ether oxygens (including phenoxy) is 1. The van der Waals surface area contributed by atoms with Crippen LogP contribution in [0.5, 0.6) is 0 Å². The van der Waals surface area contributed by atoms with Crippen molar-refractivity contribution >= 4 is 27.8 Å². The normalized spacial score (nSPS) is 39.6. The van der Waals surface area contributed by atoms with Gasteiger partial charge in [0.05, 0.1) is 22.7 Å². The van der Waals surface area contributed by atoms with Gasteiger partial charge in [-0.3, -0.25) is 9.59 Å². The van der Waals surface area contributed by atoms with Crippen LogP contribution in [0.4, 0.5) is 0 Å². The summed E-state index contributed by atoms with van der Waals surface area (Å²) in [6, 6.07) is 9.82. The molecule has 4 nitrogen and oxygen atoms in total. The smallest absolute Gasteiger partial charge is 0.310 e. The summed E-state index contributed by atoms with van der Waals surface area (Å²) >= 11 is 3.64. The predicted octanol–water partition coefficient (Wildman–Crippen LogP) is 2.43. The lowest BCUT2D eigenvalue weighted by Gasteiger charge is -2.28. The van der Waals surface area contributed by atoms with Gasteiger partial charge in [-0.05, 0) is 24.8 Å². The second-order valence-electron chi connectivity index (χ2n) is 6.60. The van der Waals surface area contributed by atoms with Gasteiger partial charge in [0.15, 0.2) is 0 Å². The van der Waals surface area contributed by atoms with E-state index < -0.39 is 0 Å². The average Bonchev–Trinajstić information content (AvgIpc) is 3.12. The van der Waals surface area contributed by atoms with Crippen molar-refractivity contribution in [2.75, 3.05) is 0 Å². The van der Waals surface area contributed by atoms with Gasteiger partial charge in [0, 0.05) is 5.92 Å². The van der Waals surface area contributed by atoms with Gasteiger partial charge >= 0.3 is 5.97 Å². The Bertz CT molecular complexity index is 620. The number of nitrogens with one attached hydrogen (secondary N) is 1. The van der Waals surface area contributed by atoms with E-state index in [0.717, 1.165) is 12.0 Å². The van der Waals surface area contributed by atoms with Gasteiger partial charge in [0.1, 0.15) is 6.10 Å². The summed E-state index contributed by atoms with van der Waals surface area (Å²) in [5.41, 5.74) is 1.07. The molecule has 0 spiro atoms. The highest BCUT2D eigenvalue weighted by molar-refractivity contribution is 9.09. The fourth-order valence-electron chi connectivity index (χ4n) is 4.47. The molecule has 1 N–H and O–H groups in total. The SMILES string of the molecule is C[C@H](NC(=O)[C@@H]1[C@H]2C[C@H]3[C@H](OC(=O)[C@H]31)[C@@H]2Br)c1ccccc1. The number of carbonyl (C=O) groups excluding carboxylic acids is 2. The van der Waals surface area contributed by atoms with Crippen molar-refractivity contribution in [3.63, 3.8) is 0 Å². The van der Waals surface area contributed by atoms with Crippen molar-refractivity contribution in [2.45, 2.75) is 30.3 Å². The molecule has 3 aliphatic rings. The van der Waals surface area contributed by atoms with Gasteiger partial charge in [-0.15, -0.1) is 0 Å². The van der Waals surface area contributed by atoms with Crippen LogP contribution in [0.2, 0.25) is 0 Å². The van der Waals surface area contributed by atoms with Crippen LogP contribution in [0, 0.1) is 23.7 Å². The summed E-state index contributed by atoms with van der Waals surface area (Å²) in [4.78, 5) is 25.0. The molecular weight excluding hydrogens is 346 g/mol.